The average molecular weight is 233 g/mol. The van der Waals surface area contributed by atoms with Gasteiger partial charge < -0.3 is 9.84 Å². The molecule has 0 radical (unpaired) electrons. The predicted molar refractivity (Wildman–Crippen MR) is 56.2 cm³/mol. The van der Waals surface area contributed by atoms with Gasteiger partial charge in [-0.2, -0.15) is 0 Å². The highest BCUT2D eigenvalue weighted by atomic mass is 35.5. The number of thioether (sulfide) groups is 1. The van der Waals surface area contributed by atoms with E-state index < -0.39 is 6.16 Å². The molecule has 0 fully saturated rings. The van der Waals surface area contributed by atoms with Crippen molar-refractivity contribution in [3.05, 3.63) is 29.3 Å². The number of benzene rings is 1. The highest BCUT2D eigenvalue weighted by Crippen LogP contribution is 2.19. The summed E-state index contributed by atoms with van der Waals surface area (Å²) >= 11 is 7.23. The second kappa shape index (κ2) is 5.78. The second-order valence-electron chi connectivity index (χ2n) is 2.42. The van der Waals surface area contributed by atoms with Crippen molar-refractivity contribution in [1.29, 1.82) is 0 Å². The second-order valence-corrected chi connectivity index (χ2v) is 4.02. The monoisotopic (exact) mass is 232 g/mol. The zero-order valence-electron chi connectivity index (χ0n) is 7.27. The van der Waals surface area contributed by atoms with Gasteiger partial charge >= 0.3 is 6.16 Å². The molecule has 0 saturated heterocycles. The molecule has 1 rings (SSSR count). The molecule has 0 aliphatic rings. The van der Waals surface area contributed by atoms with E-state index in [-0.39, 0.29) is 6.61 Å². The van der Waals surface area contributed by atoms with Crippen LogP contribution in [0.4, 0.5) is 4.79 Å². The Hall–Kier alpha value is -0.870. The van der Waals surface area contributed by atoms with Gasteiger partial charge in [0.05, 0.1) is 0 Å². The normalized spacial score (nSPS) is 9.79. The molecule has 0 aromatic heterocycles. The molecule has 0 heterocycles. The van der Waals surface area contributed by atoms with Gasteiger partial charge in [0, 0.05) is 15.7 Å². The molecule has 0 amide bonds. The van der Waals surface area contributed by atoms with Gasteiger partial charge in [-0.05, 0) is 24.3 Å². The molecule has 0 atom stereocenters. The van der Waals surface area contributed by atoms with E-state index in [1.807, 2.05) is 12.1 Å². The first-order valence-electron chi connectivity index (χ1n) is 3.92. The van der Waals surface area contributed by atoms with Gasteiger partial charge in [-0.3, -0.25) is 0 Å². The molecule has 0 aliphatic heterocycles. The minimum absolute atomic E-state index is 0.197. The van der Waals surface area contributed by atoms with Crippen LogP contribution in [-0.2, 0) is 4.74 Å². The van der Waals surface area contributed by atoms with Crippen molar-refractivity contribution in [2.24, 2.45) is 0 Å². The Morgan fingerprint density at radius 1 is 1.43 bits per heavy atom. The van der Waals surface area contributed by atoms with E-state index >= 15 is 0 Å². The fraction of sp³-hybridized carbons (Fsp3) is 0.222. The van der Waals surface area contributed by atoms with Crippen molar-refractivity contribution in [3.63, 3.8) is 0 Å². The first kappa shape index (κ1) is 11.2. The fourth-order valence-corrected chi connectivity index (χ4v) is 1.68. The highest BCUT2D eigenvalue weighted by Gasteiger charge is 1.97. The minimum Gasteiger partial charge on any atom is -0.450 e. The van der Waals surface area contributed by atoms with Crippen LogP contribution >= 0.6 is 23.4 Å². The smallest absolute Gasteiger partial charge is 0.450 e. The molecular formula is C9H9ClO3S. The molecule has 76 valence electrons. The largest absolute Gasteiger partial charge is 0.505 e. The summed E-state index contributed by atoms with van der Waals surface area (Å²) < 4.78 is 4.36. The molecule has 1 N–H and O–H groups in total. The molecule has 0 saturated carbocycles. The number of carbonyl (C=O) groups is 1. The van der Waals surface area contributed by atoms with Gasteiger partial charge in [0.15, 0.2) is 0 Å². The van der Waals surface area contributed by atoms with Crippen LogP contribution in [0.1, 0.15) is 0 Å². The zero-order valence-corrected chi connectivity index (χ0v) is 8.85. The van der Waals surface area contributed by atoms with E-state index in [4.69, 9.17) is 16.7 Å². The Labute approximate surface area is 91.0 Å². The predicted octanol–water partition coefficient (Wildman–Crippen LogP) is 3.13. The molecule has 5 heteroatoms. The first-order valence-corrected chi connectivity index (χ1v) is 5.29. The summed E-state index contributed by atoms with van der Waals surface area (Å²) in [5.41, 5.74) is 0. The molecule has 0 unspecified atom stereocenters. The van der Waals surface area contributed by atoms with E-state index in [1.54, 1.807) is 12.1 Å². The van der Waals surface area contributed by atoms with Gasteiger partial charge in [-0.15, -0.1) is 11.8 Å². The molecule has 3 nitrogen and oxygen atoms in total. The van der Waals surface area contributed by atoms with Crippen LogP contribution in [0, 0.1) is 0 Å². The van der Waals surface area contributed by atoms with Crippen LogP contribution in [0.2, 0.25) is 5.02 Å². The van der Waals surface area contributed by atoms with Crippen LogP contribution in [0.3, 0.4) is 0 Å². The Kier molecular flexibility index (Phi) is 4.62. The van der Waals surface area contributed by atoms with E-state index in [9.17, 15) is 4.79 Å². The number of hydrogen-bond acceptors (Lipinski definition) is 3. The van der Waals surface area contributed by atoms with Gasteiger partial charge in [0.2, 0.25) is 0 Å². The summed E-state index contributed by atoms with van der Waals surface area (Å²) in [6.45, 7) is 0.197. The molecule has 1 aromatic carbocycles. The number of carboxylic acid groups (broad SMARTS) is 1. The Morgan fingerprint density at radius 2 is 2.07 bits per heavy atom. The number of ether oxygens (including phenoxy) is 1. The average Bonchev–Trinajstić information content (AvgIpc) is 2.15. The van der Waals surface area contributed by atoms with E-state index in [0.717, 1.165) is 4.90 Å². The van der Waals surface area contributed by atoms with Crippen molar-refractivity contribution in [1.82, 2.24) is 0 Å². The third-order valence-electron chi connectivity index (χ3n) is 1.39. The lowest BCUT2D eigenvalue weighted by molar-refractivity contribution is 0.0975. The van der Waals surface area contributed by atoms with Crippen molar-refractivity contribution in [3.8, 4) is 0 Å². The van der Waals surface area contributed by atoms with E-state index in [0.29, 0.717) is 10.8 Å². The quantitative estimate of drug-likeness (QED) is 0.492. The number of halogens is 1. The molecule has 0 bridgehead atoms. The molecular weight excluding hydrogens is 224 g/mol. The SMILES string of the molecule is O=C(O)OCCSc1ccc(Cl)cc1. The van der Waals surface area contributed by atoms with Gasteiger partial charge in [-0.1, -0.05) is 11.6 Å². The third kappa shape index (κ3) is 4.39. The lowest BCUT2D eigenvalue weighted by Gasteiger charge is -2.01. The Morgan fingerprint density at radius 3 is 2.64 bits per heavy atom. The van der Waals surface area contributed by atoms with Crippen LogP contribution in [0.15, 0.2) is 29.2 Å². The summed E-state index contributed by atoms with van der Waals surface area (Å²) in [6.07, 6.45) is -1.23. The van der Waals surface area contributed by atoms with Crippen molar-refractivity contribution in [2.75, 3.05) is 12.4 Å². The highest BCUT2D eigenvalue weighted by molar-refractivity contribution is 7.99. The summed E-state index contributed by atoms with van der Waals surface area (Å²) in [4.78, 5) is 11.1. The lowest BCUT2D eigenvalue weighted by Crippen LogP contribution is -2.03. The summed E-state index contributed by atoms with van der Waals surface area (Å²) in [5.74, 6) is 0.605. The van der Waals surface area contributed by atoms with Crippen LogP contribution in [0.5, 0.6) is 0 Å². The van der Waals surface area contributed by atoms with E-state index in [1.165, 1.54) is 11.8 Å². The third-order valence-corrected chi connectivity index (χ3v) is 2.62. The molecule has 14 heavy (non-hydrogen) atoms. The fourth-order valence-electron chi connectivity index (χ4n) is 0.819. The number of hydrogen-bond donors (Lipinski definition) is 1. The first-order chi connectivity index (χ1) is 6.68. The summed E-state index contributed by atoms with van der Waals surface area (Å²) in [5, 5.41) is 8.89. The van der Waals surface area contributed by atoms with Gasteiger partial charge in [-0.25, -0.2) is 4.79 Å². The van der Waals surface area contributed by atoms with Crippen molar-refractivity contribution in [2.45, 2.75) is 4.90 Å². The van der Waals surface area contributed by atoms with Gasteiger partial charge in [0.1, 0.15) is 6.61 Å². The van der Waals surface area contributed by atoms with Crippen LogP contribution in [-0.4, -0.2) is 23.6 Å². The lowest BCUT2D eigenvalue weighted by atomic mass is 10.4. The molecule has 0 aliphatic carbocycles. The standard InChI is InChI=1S/C9H9ClO3S/c10-7-1-3-8(4-2-7)14-6-5-13-9(11)12/h1-4H,5-6H2,(H,11,12). The van der Waals surface area contributed by atoms with E-state index in [2.05, 4.69) is 4.74 Å². The summed E-state index contributed by atoms with van der Waals surface area (Å²) in [7, 11) is 0. The maximum atomic E-state index is 10.0. The van der Waals surface area contributed by atoms with Crippen molar-refractivity contribution < 1.29 is 14.6 Å². The Balaban J connectivity index is 2.25. The topological polar surface area (TPSA) is 46.5 Å². The number of rotatable bonds is 4. The van der Waals surface area contributed by atoms with Crippen LogP contribution < -0.4 is 0 Å². The molecule has 1 aromatic rings. The van der Waals surface area contributed by atoms with Crippen LogP contribution in [0.25, 0.3) is 0 Å². The maximum Gasteiger partial charge on any atom is 0.505 e. The van der Waals surface area contributed by atoms with Crippen molar-refractivity contribution >= 4 is 29.5 Å². The minimum atomic E-state index is -1.23. The summed E-state index contributed by atoms with van der Waals surface area (Å²) in [6, 6.07) is 7.35. The maximum absolute atomic E-state index is 10.0. The zero-order chi connectivity index (χ0) is 10.4. The molecule has 0 spiro atoms. The Bertz CT molecular complexity index is 299. The van der Waals surface area contributed by atoms with Gasteiger partial charge in [0.25, 0.3) is 0 Å².